The molecule has 0 N–H and O–H groups in total. The van der Waals surface area contributed by atoms with Gasteiger partial charge in [0.1, 0.15) is 5.82 Å². The van der Waals surface area contributed by atoms with Gasteiger partial charge in [-0.3, -0.25) is 0 Å². The third kappa shape index (κ3) is 4.67. The van der Waals surface area contributed by atoms with Crippen molar-refractivity contribution >= 4 is 34.1 Å². The summed E-state index contributed by atoms with van der Waals surface area (Å²) in [6.07, 6.45) is 6.90. The molecule has 8 rings (SSSR count). The van der Waals surface area contributed by atoms with Crippen LogP contribution in [0.5, 0.6) is 23.0 Å². The van der Waals surface area contributed by atoms with Gasteiger partial charge in [0.15, 0.2) is 23.0 Å². The smallest absolute Gasteiger partial charge is 0.180 e. The Bertz CT molecular complexity index is 2100. The van der Waals surface area contributed by atoms with Crippen LogP contribution in [0.1, 0.15) is 11.4 Å². The van der Waals surface area contributed by atoms with Crippen LogP contribution in [-0.2, 0) is 0 Å². The SMILES string of the molecule is C=Cc1nccn1C=C.Cc1ccc(-n2c3ccc(-c4ccccc4)cc3c3c4c(ccc32)Oc2ccccc2O4)cc1. The number of para-hydroxylation sites is 2. The first-order valence-electron chi connectivity index (χ1n) is 14.1. The van der Waals surface area contributed by atoms with Crippen LogP contribution >= 0.6 is 0 Å². The molecule has 0 saturated carbocycles. The number of ether oxygens (including phenoxy) is 2. The van der Waals surface area contributed by atoms with E-state index in [2.05, 4.69) is 102 Å². The van der Waals surface area contributed by atoms with Crippen LogP contribution in [-0.4, -0.2) is 14.1 Å². The van der Waals surface area contributed by atoms with Crippen LogP contribution in [0.2, 0.25) is 0 Å². The van der Waals surface area contributed by atoms with Crippen LogP contribution in [0.4, 0.5) is 0 Å². The molecule has 0 spiro atoms. The van der Waals surface area contributed by atoms with E-state index in [1.807, 2.05) is 42.6 Å². The normalized spacial score (nSPS) is 11.5. The number of benzene rings is 5. The van der Waals surface area contributed by atoms with E-state index in [0.29, 0.717) is 0 Å². The number of hydrogen-bond acceptors (Lipinski definition) is 3. The molecule has 43 heavy (non-hydrogen) atoms. The largest absolute Gasteiger partial charge is 0.449 e. The zero-order valence-corrected chi connectivity index (χ0v) is 23.8. The van der Waals surface area contributed by atoms with Gasteiger partial charge in [-0.25, -0.2) is 4.98 Å². The van der Waals surface area contributed by atoms with Crippen LogP contribution in [0, 0.1) is 6.92 Å². The van der Waals surface area contributed by atoms with Crippen molar-refractivity contribution in [3.8, 4) is 39.8 Å². The van der Waals surface area contributed by atoms with Gasteiger partial charge in [-0.1, -0.05) is 79.4 Å². The second-order valence-electron chi connectivity index (χ2n) is 10.3. The van der Waals surface area contributed by atoms with Crippen LogP contribution in [0.25, 0.3) is 50.9 Å². The molecule has 0 bridgehead atoms. The first kappa shape index (κ1) is 26.1. The quantitative estimate of drug-likeness (QED) is 0.215. The molecule has 3 heterocycles. The summed E-state index contributed by atoms with van der Waals surface area (Å²) < 4.78 is 16.8. The van der Waals surface area contributed by atoms with Crippen molar-refractivity contribution in [2.45, 2.75) is 6.92 Å². The summed E-state index contributed by atoms with van der Waals surface area (Å²) in [6.45, 7) is 9.28. The van der Waals surface area contributed by atoms with Crippen LogP contribution in [0.15, 0.2) is 135 Å². The maximum absolute atomic E-state index is 6.47. The Labute approximate surface area is 250 Å². The lowest BCUT2D eigenvalue weighted by Crippen LogP contribution is -1.99. The van der Waals surface area contributed by atoms with Crippen molar-refractivity contribution in [2.24, 2.45) is 0 Å². The number of rotatable bonds is 4. The van der Waals surface area contributed by atoms with Crippen molar-refractivity contribution in [2.75, 3.05) is 0 Å². The highest BCUT2D eigenvalue weighted by Gasteiger charge is 2.25. The average Bonchev–Trinajstić information content (AvgIpc) is 3.67. The van der Waals surface area contributed by atoms with Gasteiger partial charge in [-0.2, -0.15) is 0 Å². The van der Waals surface area contributed by atoms with Gasteiger partial charge < -0.3 is 18.6 Å². The maximum atomic E-state index is 6.47. The van der Waals surface area contributed by atoms with E-state index in [1.165, 1.54) is 16.7 Å². The number of hydrogen-bond donors (Lipinski definition) is 0. The van der Waals surface area contributed by atoms with E-state index in [-0.39, 0.29) is 0 Å². The molecular formula is C38H29N3O2. The predicted octanol–water partition coefficient (Wildman–Crippen LogP) is 10.3. The molecule has 0 saturated heterocycles. The summed E-state index contributed by atoms with van der Waals surface area (Å²) in [5, 5.41) is 2.19. The molecule has 1 aliphatic heterocycles. The molecule has 0 fully saturated rings. The summed E-state index contributed by atoms with van der Waals surface area (Å²) in [7, 11) is 0. The lowest BCUT2D eigenvalue weighted by atomic mass is 10.0. The lowest BCUT2D eigenvalue weighted by Gasteiger charge is -2.21. The molecule has 0 radical (unpaired) electrons. The van der Waals surface area contributed by atoms with Crippen molar-refractivity contribution in [3.63, 3.8) is 0 Å². The third-order valence-corrected chi connectivity index (χ3v) is 7.61. The monoisotopic (exact) mass is 559 g/mol. The van der Waals surface area contributed by atoms with Crippen LogP contribution < -0.4 is 9.47 Å². The van der Waals surface area contributed by atoms with Gasteiger partial charge in [0.2, 0.25) is 0 Å². The number of imidazole rings is 1. The summed E-state index contributed by atoms with van der Waals surface area (Å²) in [6, 6.07) is 37.8. The minimum Gasteiger partial charge on any atom is -0.449 e. The fourth-order valence-corrected chi connectivity index (χ4v) is 5.51. The standard InChI is InChI=1S/C31H21NO2.C7H8N2/c1-20-11-14-23(15-12-20)32-25-16-13-22(21-7-3-2-4-8-21)19-24(25)30-26(32)17-18-29-31(30)34-28-10-6-5-9-27(28)33-29;1-3-7-8-5-6-9(7)4-2/h2-19H,1H3;3-6H,1-2H2. The average molecular weight is 560 g/mol. The highest BCUT2D eigenvalue weighted by molar-refractivity contribution is 6.14. The number of fused-ring (bicyclic) bond motifs is 6. The Morgan fingerprint density at radius 3 is 2.14 bits per heavy atom. The molecule has 1 aliphatic rings. The van der Waals surface area contributed by atoms with Gasteiger partial charge in [0.25, 0.3) is 0 Å². The molecule has 0 aliphatic carbocycles. The van der Waals surface area contributed by atoms with Gasteiger partial charge in [0, 0.05) is 29.7 Å². The molecular weight excluding hydrogens is 530 g/mol. The zero-order chi connectivity index (χ0) is 29.3. The lowest BCUT2D eigenvalue weighted by molar-refractivity contribution is 0.363. The maximum Gasteiger partial charge on any atom is 0.180 e. The van der Waals surface area contributed by atoms with Crippen molar-refractivity contribution < 1.29 is 9.47 Å². The molecule has 2 aromatic heterocycles. The van der Waals surface area contributed by atoms with E-state index in [1.54, 1.807) is 23.0 Å². The highest BCUT2D eigenvalue weighted by Crippen LogP contribution is 2.51. The third-order valence-electron chi connectivity index (χ3n) is 7.61. The predicted molar refractivity (Wildman–Crippen MR) is 176 cm³/mol. The molecule has 5 heteroatoms. The molecule has 208 valence electrons. The molecule has 7 aromatic rings. The van der Waals surface area contributed by atoms with E-state index in [0.717, 1.165) is 56.3 Å². The van der Waals surface area contributed by atoms with Gasteiger partial charge >= 0.3 is 0 Å². The van der Waals surface area contributed by atoms with E-state index in [9.17, 15) is 0 Å². The Morgan fingerprint density at radius 2 is 1.42 bits per heavy atom. The Hall–Kier alpha value is -5.81. The summed E-state index contributed by atoms with van der Waals surface area (Å²) >= 11 is 0. The Kier molecular flexibility index (Phi) is 6.60. The van der Waals surface area contributed by atoms with E-state index < -0.39 is 0 Å². The molecule has 5 aromatic carbocycles. The summed E-state index contributed by atoms with van der Waals surface area (Å²) in [5.74, 6) is 3.79. The van der Waals surface area contributed by atoms with Gasteiger partial charge in [0.05, 0.1) is 16.4 Å². The first-order valence-corrected chi connectivity index (χ1v) is 14.1. The topological polar surface area (TPSA) is 41.2 Å². The van der Waals surface area contributed by atoms with Crippen LogP contribution in [0.3, 0.4) is 0 Å². The van der Waals surface area contributed by atoms with Crippen molar-refractivity contribution in [3.05, 3.63) is 146 Å². The molecule has 0 amide bonds. The summed E-state index contributed by atoms with van der Waals surface area (Å²) in [5.41, 5.74) is 6.94. The second-order valence-corrected chi connectivity index (χ2v) is 10.3. The van der Waals surface area contributed by atoms with E-state index >= 15 is 0 Å². The Balaban J connectivity index is 0.000000288. The fraction of sp³-hybridized carbons (Fsp3) is 0.0263. The summed E-state index contributed by atoms with van der Waals surface area (Å²) in [4.78, 5) is 3.98. The van der Waals surface area contributed by atoms with Gasteiger partial charge in [-0.15, -0.1) is 0 Å². The van der Waals surface area contributed by atoms with E-state index in [4.69, 9.17) is 9.47 Å². The van der Waals surface area contributed by atoms with Crippen molar-refractivity contribution in [1.29, 1.82) is 0 Å². The minimum atomic E-state index is 0.734. The first-order chi connectivity index (χ1) is 21.1. The second kappa shape index (κ2) is 10.9. The fourth-order valence-electron chi connectivity index (χ4n) is 5.51. The molecule has 0 atom stereocenters. The molecule has 0 unspecified atom stereocenters. The zero-order valence-electron chi connectivity index (χ0n) is 23.8. The van der Waals surface area contributed by atoms with Gasteiger partial charge in [-0.05, 0) is 72.7 Å². The number of nitrogens with zero attached hydrogens (tertiary/aromatic N) is 3. The Morgan fingerprint density at radius 1 is 0.698 bits per heavy atom. The van der Waals surface area contributed by atoms with Crippen molar-refractivity contribution in [1.82, 2.24) is 14.1 Å². The molecule has 5 nitrogen and oxygen atoms in total. The number of aryl methyl sites for hydroxylation is 1. The highest BCUT2D eigenvalue weighted by atomic mass is 16.6. The number of aromatic nitrogens is 3. The minimum absolute atomic E-state index is 0.734.